The Morgan fingerprint density at radius 1 is 1.10 bits per heavy atom. The van der Waals surface area contributed by atoms with Crippen molar-refractivity contribution in [1.29, 1.82) is 0 Å². The van der Waals surface area contributed by atoms with Gasteiger partial charge in [-0.05, 0) is 29.9 Å². The van der Waals surface area contributed by atoms with Gasteiger partial charge in [0.15, 0.2) is 11.2 Å². The van der Waals surface area contributed by atoms with Crippen LogP contribution < -0.4 is 5.56 Å². The highest BCUT2D eigenvalue weighted by Crippen LogP contribution is 2.37. The number of benzene rings is 1. The van der Waals surface area contributed by atoms with E-state index in [0.29, 0.717) is 35.1 Å². The van der Waals surface area contributed by atoms with E-state index in [1.54, 1.807) is 11.6 Å². The van der Waals surface area contributed by atoms with Crippen LogP contribution in [0.5, 0.6) is 0 Å². The summed E-state index contributed by atoms with van der Waals surface area (Å²) >= 11 is 0. The second-order valence-electron chi connectivity index (χ2n) is 8.65. The summed E-state index contributed by atoms with van der Waals surface area (Å²) in [5, 5.41) is 13.6. The van der Waals surface area contributed by atoms with Crippen molar-refractivity contribution in [2.75, 3.05) is 7.11 Å². The highest BCUT2D eigenvalue weighted by atomic mass is 16.5. The standard InChI is InChI=1S/C24H27N5O2/c1-15-8-7-11-19(16(15)2)28-13-12-20-22(24(28)30)25-26-23-21(17-9-5-4-6-10-17)18(14-31-3)27-29(20)23/h4-6,9-10,12-13,15-16,19H,7-8,11,14H2,1-3H3. The Balaban J connectivity index is 1.71. The highest BCUT2D eigenvalue weighted by Gasteiger charge is 2.29. The minimum Gasteiger partial charge on any atom is -0.378 e. The van der Waals surface area contributed by atoms with E-state index < -0.39 is 0 Å². The zero-order valence-electron chi connectivity index (χ0n) is 18.2. The number of fused-ring (bicyclic) bond motifs is 3. The monoisotopic (exact) mass is 417 g/mol. The molecule has 0 radical (unpaired) electrons. The zero-order valence-corrected chi connectivity index (χ0v) is 18.2. The van der Waals surface area contributed by atoms with Crippen molar-refractivity contribution in [1.82, 2.24) is 24.4 Å². The lowest BCUT2D eigenvalue weighted by Crippen LogP contribution is -2.34. The second kappa shape index (κ2) is 7.89. The number of rotatable bonds is 4. The second-order valence-corrected chi connectivity index (χ2v) is 8.65. The first-order valence-corrected chi connectivity index (χ1v) is 10.9. The molecular weight excluding hydrogens is 390 g/mol. The van der Waals surface area contributed by atoms with Gasteiger partial charge < -0.3 is 9.30 Å². The maximum atomic E-state index is 13.4. The van der Waals surface area contributed by atoms with Crippen molar-refractivity contribution in [2.24, 2.45) is 11.8 Å². The van der Waals surface area contributed by atoms with Crippen LogP contribution >= 0.6 is 0 Å². The Hall–Kier alpha value is -3.06. The molecule has 1 aromatic carbocycles. The number of hydrogen-bond acceptors (Lipinski definition) is 5. The molecule has 4 aromatic rings. The number of nitrogens with zero attached hydrogens (tertiary/aromatic N) is 5. The van der Waals surface area contributed by atoms with E-state index in [9.17, 15) is 4.79 Å². The van der Waals surface area contributed by atoms with Gasteiger partial charge in [0.2, 0.25) is 0 Å². The Bertz CT molecular complexity index is 1290. The molecule has 5 rings (SSSR count). The number of methoxy groups -OCH3 is 1. The summed E-state index contributed by atoms with van der Waals surface area (Å²) in [5.74, 6) is 1.05. The molecule has 3 aromatic heterocycles. The van der Waals surface area contributed by atoms with Gasteiger partial charge in [-0.2, -0.15) is 5.10 Å². The highest BCUT2D eigenvalue weighted by molar-refractivity contribution is 5.84. The average molecular weight is 418 g/mol. The summed E-state index contributed by atoms with van der Waals surface area (Å²) in [5.41, 5.74) is 4.21. The van der Waals surface area contributed by atoms with Gasteiger partial charge >= 0.3 is 0 Å². The molecule has 1 fully saturated rings. The Morgan fingerprint density at radius 3 is 2.68 bits per heavy atom. The van der Waals surface area contributed by atoms with Crippen LogP contribution in [0.15, 0.2) is 47.4 Å². The third-order valence-corrected chi connectivity index (χ3v) is 6.84. The molecule has 0 amide bonds. The fraction of sp³-hybridized carbons (Fsp3) is 0.417. The van der Waals surface area contributed by atoms with Gasteiger partial charge in [0, 0.05) is 19.3 Å². The lowest BCUT2D eigenvalue weighted by molar-refractivity contribution is 0.181. The van der Waals surface area contributed by atoms with Crippen LogP contribution in [0.1, 0.15) is 44.8 Å². The van der Waals surface area contributed by atoms with Crippen molar-refractivity contribution < 1.29 is 4.74 Å². The maximum Gasteiger partial charge on any atom is 0.280 e. The van der Waals surface area contributed by atoms with Crippen LogP contribution in [0.25, 0.3) is 27.8 Å². The van der Waals surface area contributed by atoms with E-state index in [4.69, 9.17) is 9.84 Å². The van der Waals surface area contributed by atoms with E-state index >= 15 is 0 Å². The van der Waals surface area contributed by atoms with Crippen LogP contribution in [-0.4, -0.2) is 31.5 Å². The normalized spacial score (nSPS) is 21.7. The predicted octanol–water partition coefficient (Wildman–Crippen LogP) is 4.25. The quantitative estimate of drug-likeness (QED) is 0.496. The summed E-state index contributed by atoms with van der Waals surface area (Å²) in [6.07, 6.45) is 5.29. The Labute approximate surface area is 180 Å². The zero-order chi connectivity index (χ0) is 21.5. The van der Waals surface area contributed by atoms with Gasteiger partial charge in [0.05, 0.1) is 17.9 Å². The average Bonchev–Trinajstić information content (AvgIpc) is 3.15. The summed E-state index contributed by atoms with van der Waals surface area (Å²) in [6, 6.07) is 12.1. The Morgan fingerprint density at radius 2 is 1.90 bits per heavy atom. The van der Waals surface area contributed by atoms with E-state index in [2.05, 4.69) is 24.0 Å². The number of aromatic nitrogens is 5. The first kappa shape index (κ1) is 19.9. The minimum absolute atomic E-state index is 0.0945. The first-order chi connectivity index (χ1) is 15.1. The van der Waals surface area contributed by atoms with Crippen molar-refractivity contribution in [3.05, 3.63) is 58.6 Å². The lowest BCUT2D eigenvalue weighted by Gasteiger charge is -2.35. The van der Waals surface area contributed by atoms with Crippen molar-refractivity contribution in [2.45, 2.75) is 45.8 Å². The lowest BCUT2D eigenvalue weighted by atomic mass is 9.78. The van der Waals surface area contributed by atoms with Crippen molar-refractivity contribution in [3.8, 4) is 11.1 Å². The molecule has 7 nitrogen and oxygen atoms in total. The molecule has 1 aliphatic carbocycles. The van der Waals surface area contributed by atoms with Crippen molar-refractivity contribution in [3.63, 3.8) is 0 Å². The SMILES string of the molecule is COCc1nn2c(nnc3c(=O)n(C4CCCC(C)C4C)ccc32)c1-c1ccccc1. The van der Waals surface area contributed by atoms with Crippen LogP contribution in [0, 0.1) is 11.8 Å². The summed E-state index contributed by atoms with van der Waals surface area (Å²) in [6.45, 7) is 4.87. The molecule has 1 saturated carbocycles. The third kappa shape index (κ3) is 3.24. The fourth-order valence-electron chi connectivity index (χ4n) is 4.95. The third-order valence-electron chi connectivity index (χ3n) is 6.84. The van der Waals surface area contributed by atoms with Gasteiger partial charge in [0.25, 0.3) is 5.56 Å². The minimum atomic E-state index is -0.0945. The van der Waals surface area contributed by atoms with E-state index in [1.165, 1.54) is 6.42 Å². The van der Waals surface area contributed by atoms with Crippen LogP contribution in [-0.2, 0) is 11.3 Å². The van der Waals surface area contributed by atoms with Crippen LogP contribution in [0.4, 0.5) is 0 Å². The van der Waals surface area contributed by atoms with E-state index in [0.717, 1.165) is 29.7 Å². The molecule has 3 atom stereocenters. The fourth-order valence-corrected chi connectivity index (χ4v) is 4.95. The molecule has 3 heterocycles. The van der Waals surface area contributed by atoms with Crippen molar-refractivity contribution >= 4 is 16.7 Å². The first-order valence-electron chi connectivity index (χ1n) is 10.9. The predicted molar refractivity (Wildman–Crippen MR) is 120 cm³/mol. The van der Waals surface area contributed by atoms with Gasteiger partial charge in [-0.3, -0.25) is 4.79 Å². The van der Waals surface area contributed by atoms with Crippen LogP contribution in [0.3, 0.4) is 0 Å². The maximum absolute atomic E-state index is 13.4. The number of hydrogen-bond donors (Lipinski definition) is 0. The summed E-state index contributed by atoms with van der Waals surface area (Å²) in [4.78, 5) is 13.4. The Kier molecular flexibility index (Phi) is 5.06. The summed E-state index contributed by atoms with van der Waals surface area (Å²) < 4.78 is 8.98. The molecule has 0 saturated heterocycles. The van der Waals surface area contributed by atoms with Crippen LogP contribution in [0.2, 0.25) is 0 Å². The molecule has 0 bridgehead atoms. The molecule has 0 spiro atoms. The topological polar surface area (TPSA) is 74.3 Å². The molecular formula is C24H27N5O2. The molecule has 0 aliphatic heterocycles. The molecule has 7 heteroatoms. The molecule has 160 valence electrons. The van der Waals surface area contributed by atoms with Gasteiger partial charge in [-0.25, -0.2) is 4.52 Å². The van der Waals surface area contributed by atoms with Gasteiger partial charge in [0.1, 0.15) is 5.52 Å². The smallest absolute Gasteiger partial charge is 0.280 e. The van der Waals surface area contributed by atoms with E-state index in [-0.39, 0.29) is 11.6 Å². The summed E-state index contributed by atoms with van der Waals surface area (Å²) in [7, 11) is 1.65. The molecule has 31 heavy (non-hydrogen) atoms. The largest absolute Gasteiger partial charge is 0.378 e. The van der Waals surface area contributed by atoms with Gasteiger partial charge in [-0.1, -0.05) is 57.0 Å². The van der Waals surface area contributed by atoms with Gasteiger partial charge in [-0.15, -0.1) is 10.2 Å². The van der Waals surface area contributed by atoms with E-state index in [1.807, 2.05) is 47.2 Å². The molecule has 0 N–H and O–H groups in total. The molecule has 3 unspecified atom stereocenters. The number of ether oxygens (including phenoxy) is 1. The number of pyridine rings is 1. The molecule has 1 aliphatic rings.